The molecule has 0 bridgehead atoms. The Morgan fingerprint density at radius 1 is 0.440 bits per heavy atom. The molecule has 0 spiro atoms. The van der Waals surface area contributed by atoms with Crippen molar-refractivity contribution in [3.8, 4) is 0 Å². The largest absolute Gasteiger partial charge is 0.394 e. The van der Waals surface area contributed by atoms with E-state index in [2.05, 4.69) is 129 Å². The Kier molecular flexibility index (Phi) is 41.4. The van der Waals surface area contributed by atoms with Crippen molar-refractivity contribution < 1.29 is 89.4 Å². The van der Waals surface area contributed by atoms with E-state index in [1.807, 2.05) is 0 Å². The van der Waals surface area contributed by atoms with Crippen LogP contribution in [0.3, 0.4) is 0 Å². The van der Waals surface area contributed by atoms with Crippen molar-refractivity contribution in [3.63, 3.8) is 0 Å². The van der Waals surface area contributed by atoms with Gasteiger partial charge in [-0.25, -0.2) is 0 Å². The smallest absolute Gasteiger partial charge is 0.220 e. The van der Waals surface area contributed by atoms with E-state index < -0.39 is 124 Å². The standard InChI is InChI=1S/C65H107NO18/c1-3-5-7-9-10-11-12-13-14-15-16-17-18-19-20-21-22-23-24-25-26-27-28-29-30-31-32-33-34-35-36-37-38-39-41-43-53(71)66-48(49(70)42-40-8-6-4-2)47-79-63-59(77)56(74)61(51(45-68)81-63)84-65-60(78)57(75)62(52(46-69)82-65)83-64-58(76)55(73)54(72)50(44-67)80-64/h5,7,10-11,13-14,16-17,19-20,22-23,25-26,28-29,31-32,48-52,54-65,67-70,72-78H,3-4,6,8-9,12,15,18,21,24,27,30,33-47H2,1-2H3,(H,66,71)/b7-5-,11-10-,14-13-,17-16-,20-19-,23-22-,26-25-,29-28-,32-31-. The maximum absolute atomic E-state index is 13.2. The second kappa shape index (κ2) is 46.6. The van der Waals surface area contributed by atoms with E-state index in [1.54, 1.807) is 0 Å². The first kappa shape index (κ1) is 74.7. The van der Waals surface area contributed by atoms with E-state index in [-0.39, 0.29) is 18.9 Å². The summed E-state index contributed by atoms with van der Waals surface area (Å²) in [7, 11) is 0. The quantitative estimate of drug-likeness (QED) is 0.0235. The van der Waals surface area contributed by atoms with Crippen LogP contribution in [-0.2, 0) is 33.2 Å². The number of amides is 1. The number of carbonyl (C=O) groups is 1. The summed E-state index contributed by atoms with van der Waals surface area (Å²) >= 11 is 0. The molecular weight excluding hydrogens is 1080 g/mol. The van der Waals surface area contributed by atoms with Gasteiger partial charge in [-0.15, -0.1) is 0 Å². The molecule has 17 atom stereocenters. The highest BCUT2D eigenvalue weighted by Gasteiger charge is 2.53. The van der Waals surface area contributed by atoms with E-state index in [4.69, 9.17) is 28.4 Å². The summed E-state index contributed by atoms with van der Waals surface area (Å²) in [6, 6.07) is -0.896. The van der Waals surface area contributed by atoms with Gasteiger partial charge in [-0.3, -0.25) is 4.79 Å². The van der Waals surface area contributed by atoms with Crippen molar-refractivity contribution in [2.75, 3.05) is 26.4 Å². The number of aliphatic hydroxyl groups is 11. The molecule has 3 aliphatic heterocycles. The second-order valence-electron chi connectivity index (χ2n) is 21.8. The zero-order chi connectivity index (χ0) is 61.2. The number of ether oxygens (including phenoxy) is 6. The predicted molar refractivity (Wildman–Crippen MR) is 323 cm³/mol. The summed E-state index contributed by atoms with van der Waals surface area (Å²) in [4.78, 5) is 13.2. The van der Waals surface area contributed by atoms with Gasteiger partial charge in [-0.2, -0.15) is 0 Å². The van der Waals surface area contributed by atoms with Gasteiger partial charge in [-0.1, -0.05) is 181 Å². The van der Waals surface area contributed by atoms with Crippen LogP contribution in [0.1, 0.15) is 162 Å². The van der Waals surface area contributed by atoms with Crippen LogP contribution in [0.4, 0.5) is 0 Å². The van der Waals surface area contributed by atoms with Crippen molar-refractivity contribution in [1.82, 2.24) is 5.32 Å². The highest BCUT2D eigenvalue weighted by atomic mass is 16.8. The Hall–Kier alpha value is -3.55. The van der Waals surface area contributed by atoms with Gasteiger partial charge in [0.25, 0.3) is 0 Å². The summed E-state index contributed by atoms with van der Waals surface area (Å²) in [5, 5.41) is 119. The molecule has 3 saturated heterocycles. The summed E-state index contributed by atoms with van der Waals surface area (Å²) in [5.41, 5.74) is 0. The van der Waals surface area contributed by atoms with Crippen LogP contribution >= 0.6 is 0 Å². The van der Waals surface area contributed by atoms with Crippen LogP contribution in [0.5, 0.6) is 0 Å². The molecule has 19 heteroatoms. The Labute approximate surface area is 500 Å². The second-order valence-corrected chi connectivity index (χ2v) is 21.8. The van der Waals surface area contributed by atoms with Gasteiger partial charge >= 0.3 is 0 Å². The van der Waals surface area contributed by atoms with Crippen LogP contribution in [0.15, 0.2) is 109 Å². The lowest BCUT2D eigenvalue weighted by atomic mass is 9.96. The fourth-order valence-electron chi connectivity index (χ4n) is 9.77. The average Bonchev–Trinajstić information content (AvgIpc) is 3.52. The molecule has 0 aromatic heterocycles. The molecule has 3 heterocycles. The first-order chi connectivity index (χ1) is 40.8. The molecule has 3 fully saturated rings. The first-order valence-electron chi connectivity index (χ1n) is 31.1. The van der Waals surface area contributed by atoms with Crippen molar-refractivity contribution in [3.05, 3.63) is 109 Å². The number of unbranched alkanes of at least 4 members (excludes halogenated alkanes) is 10. The molecule has 3 rings (SSSR count). The van der Waals surface area contributed by atoms with Gasteiger partial charge in [0.05, 0.1) is 38.6 Å². The van der Waals surface area contributed by atoms with E-state index in [0.29, 0.717) is 19.3 Å². The van der Waals surface area contributed by atoms with Crippen molar-refractivity contribution in [2.24, 2.45) is 0 Å². The lowest BCUT2D eigenvalue weighted by molar-refractivity contribution is -0.379. The third-order valence-corrected chi connectivity index (χ3v) is 14.9. The highest BCUT2D eigenvalue weighted by molar-refractivity contribution is 5.76. The zero-order valence-electron chi connectivity index (χ0n) is 50.1. The Morgan fingerprint density at radius 2 is 0.821 bits per heavy atom. The number of carbonyl (C=O) groups excluding carboxylic acids is 1. The monoisotopic (exact) mass is 1190 g/mol. The molecule has 12 N–H and O–H groups in total. The fraction of sp³-hybridized carbons (Fsp3) is 0.708. The minimum atomic E-state index is -1.98. The fourth-order valence-corrected chi connectivity index (χ4v) is 9.77. The Morgan fingerprint density at radius 3 is 1.27 bits per heavy atom. The third-order valence-electron chi connectivity index (χ3n) is 14.9. The zero-order valence-corrected chi connectivity index (χ0v) is 50.1. The number of aliphatic hydroxyl groups excluding tert-OH is 11. The Balaban J connectivity index is 1.30. The average molecular weight is 1190 g/mol. The van der Waals surface area contributed by atoms with E-state index >= 15 is 0 Å². The van der Waals surface area contributed by atoms with Gasteiger partial charge in [0.15, 0.2) is 18.9 Å². The van der Waals surface area contributed by atoms with Crippen LogP contribution in [0.25, 0.3) is 0 Å². The molecule has 17 unspecified atom stereocenters. The maximum atomic E-state index is 13.2. The molecule has 84 heavy (non-hydrogen) atoms. The minimum absolute atomic E-state index is 0.243. The number of hydrogen-bond donors (Lipinski definition) is 12. The number of hydrogen-bond acceptors (Lipinski definition) is 18. The van der Waals surface area contributed by atoms with Crippen molar-refractivity contribution >= 4 is 5.91 Å². The number of allylic oxidation sites excluding steroid dienone is 18. The topological polar surface area (TPSA) is 307 Å². The lowest BCUT2D eigenvalue weighted by Crippen LogP contribution is -2.66. The van der Waals surface area contributed by atoms with E-state index in [0.717, 1.165) is 122 Å². The Bertz CT molecular complexity index is 1950. The predicted octanol–water partition coefficient (Wildman–Crippen LogP) is 6.31. The molecule has 0 aromatic carbocycles. The number of nitrogens with one attached hydrogen (secondary N) is 1. The molecule has 19 nitrogen and oxygen atoms in total. The summed E-state index contributed by atoms with van der Waals surface area (Å²) in [5.74, 6) is -0.270. The third kappa shape index (κ3) is 29.4. The van der Waals surface area contributed by atoms with Crippen LogP contribution < -0.4 is 5.32 Å². The summed E-state index contributed by atoms with van der Waals surface area (Å²) in [6.07, 6.45) is 34.3. The molecule has 0 saturated carbocycles. The molecule has 3 aliphatic rings. The normalized spacial score (nSPS) is 29.9. The van der Waals surface area contributed by atoms with Gasteiger partial charge in [-0.05, 0) is 83.5 Å². The molecule has 1 amide bonds. The highest BCUT2D eigenvalue weighted by Crippen LogP contribution is 2.33. The summed E-state index contributed by atoms with van der Waals surface area (Å²) in [6.45, 7) is 1.49. The van der Waals surface area contributed by atoms with Crippen LogP contribution in [-0.4, -0.2) is 193 Å². The minimum Gasteiger partial charge on any atom is -0.394 e. The lowest BCUT2D eigenvalue weighted by Gasteiger charge is -2.48. The molecule has 480 valence electrons. The van der Waals surface area contributed by atoms with Crippen molar-refractivity contribution in [1.29, 1.82) is 0 Å². The van der Waals surface area contributed by atoms with E-state index in [1.165, 1.54) is 0 Å². The van der Waals surface area contributed by atoms with Crippen LogP contribution in [0.2, 0.25) is 0 Å². The number of rotatable bonds is 44. The molecule has 0 aliphatic carbocycles. The first-order valence-corrected chi connectivity index (χ1v) is 31.1. The summed E-state index contributed by atoms with van der Waals surface area (Å²) < 4.78 is 34.1. The van der Waals surface area contributed by atoms with Gasteiger partial charge in [0.2, 0.25) is 5.91 Å². The molecule has 0 radical (unpaired) electrons. The van der Waals surface area contributed by atoms with Crippen molar-refractivity contribution in [2.45, 2.75) is 266 Å². The van der Waals surface area contributed by atoms with Gasteiger partial charge in [0, 0.05) is 6.42 Å². The van der Waals surface area contributed by atoms with Gasteiger partial charge < -0.3 is 89.9 Å². The SMILES string of the molecule is CC/C=C\C/C=C\C/C=C\C/C=C\C/C=C\C/C=C\C/C=C\C/C=C\C/C=C\CCCCCCCCCC(=O)NC(COC1OC(CO)C(OC2OC(CO)C(OC3OC(CO)C(O)C(O)C3O)C(O)C2O)C(O)C1O)C(O)CCCCCC. The van der Waals surface area contributed by atoms with Gasteiger partial charge in [0.1, 0.15) is 73.2 Å². The molecular formula is C65H107NO18. The molecule has 0 aromatic rings. The maximum Gasteiger partial charge on any atom is 0.220 e. The van der Waals surface area contributed by atoms with Crippen LogP contribution in [0, 0.1) is 0 Å². The van der Waals surface area contributed by atoms with E-state index in [9.17, 15) is 61.0 Å².